The standard InChI is InChI=1S/C21H22F3N3O3S/c1-27(12-17(28)25-15-9-8-14(22)18(23)19(15)24)21(30)16(10-11-31-2)26-20(29)13-6-4-3-5-7-13/h3-9,16H,10-12H2,1-2H3,(H,25,28)(H,26,29)/t16-/m0/s1. The van der Waals surface area contributed by atoms with E-state index < -0.39 is 53.4 Å². The highest BCUT2D eigenvalue weighted by Gasteiger charge is 2.26. The fourth-order valence-electron chi connectivity index (χ4n) is 2.70. The zero-order valence-corrected chi connectivity index (χ0v) is 17.8. The molecule has 1 atom stereocenters. The lowest BCUT2D eigenvalue weighted by Crippen LogP contribution is -2.49. The SMILES string of the molecule is CSCC[C@H](NC(=O)c1ccccc1)C(=O)N(C)CC(=O)Nc1ccc(F)c(F)c1F. The van der Waals surface area contributed by atoms with Crippen LogP contribution in [0.15, 0.2) is 42.5 Å². The maximum Gasteiger partial charge on any atom is 0.251 e. The summed E-state index contributed by atoms with van der Waals surface area (Å²) < 4.78 is 40.1. The third-order valence-corrected chi connectivity index (χ3v) is 4.96. The smallest absolute Gasteiger partial charge is 0.251 e. The summed E-state index contributed by atoms with van der Waals surface area (Å²) >= 11 is 1.49. The molecule has 0 radical (unpaired) electrons. The first-order valence-electron chi connectivity index (χ1n) is 9.27. The van der Waals surface area contributed by atoms with Crippen LogP contribution in [0.1, 0.15) is 16.8 Å². The van der Waals surface area contributed by atoms with Gasteiger partial charge in [-0.1, -0.05) is 18.2 Å². The Hall–Kier alpha value is -3.01. The maximum atomic E-state index is 13.7. The van der Waals surface area contributed by atoms with Crippen molar-refractivity contribution in [3.8, 4) is 0 Å². The van der Waals surface area contributed by atoms with Crippen molar-refractivity contribution in [2.75, 3.05) is 30.9 Å². The zero-order chi connectivity index (χ0) is 23.0. The summed E-state index contributed by atoms with van der Waals surface area (Å²) in [4.78, 5) is 38.5. The van der Waals surface area contributed by atoms with Crippen LogP contribution in [0.25, 0.3) is 0 Å². The van der Waals surface area contributed by atoms with E-state index in [1.807, 2.05) is 6.26 Å². The summed E-state index contributed by atoms with van der Waals surface area (Å²) in [6.07, 6.45) is 2.19. The molecular formula is C21H22F3N3O3S. The highest BCUT2D eigenvalue weighted by Crippen LogP contribution is 2.19. The highest BCUT2D eigenvalue weighted by molar-refractivity contribution is 7.98. The number of benzene rings is 2. The second-order valence-corrected chi connectivity index (χ2v) is 7.62. The molecule has 0 saturated carbocycles. The molecule has 0 aromatic heterocycles. The van der Waals surface area contributed by atoms with Gasteiger partial charge in [0.05, 0.1) is 12.2 Å². The molecule has 0 fully saturated rings. The first kappa shape index (κ1) is 24.3. The van der Waals surface area contributed by atoms with E-state index in [0.717, 1.165) is 11.0 Å². The van der Waals surface area contributed by atoms with E-state index in [-0.39, 0.29) is 0 Å². The third-order valence-electron chi connectivity index (χ3n) is 4.32. The number of carbonyl (C=O) groups excluding carboxylic acids is 3. The summed E-state index contributed by atoms with van der Waals surface area (Å²) in [5.74, 6) is -5.78. The van der Waals surface area contributed by atoms with Gasteiger partial charge in [0.2, 0.25) is 11.8 Å². The fraction of sp³-hybridized carbons (Fsp3) is 0.286. The van der Waals surface area contributed by atoms with Gasteiger partial charge in [-0.2, -0.15) is 11.8 Å². The lowest BCUT2D eigenvalue weighted by atomic mass is 10.1. The monoisotopic (exact) mass is 453 g/mol. The van der Waals surface area contributed by atoms with Crippen LogP contribution in [0.4, 0.5) is 18.9 Å². The molecule has 0 spiro atoms. The van der Waals surface area contributed by atoms with E-state index in [0.29, 0.717) is 23.8 Å². The number of amides is 3. The van der Waals surface area contributed by atoms with Crippen LogP contribution in [0.2, 0.25) is 0 Å². The number of anilines is 1. The first-order valence-corrected chi connectivity index (χ1v) is 10.7. The van der Waals surface area contributed by atoms with E-state index in [9.17, 15) is 27.6 Å². The van der Waals surface area contributed by atoms with Gasteiger partial charge in [0.1, 0.15) is 6.04 Å². The van der Waals surface area contributed by atoms with Crippen molar-refractivity contribution in [2.45, 2.75) is 12.5 Å². The number of nitrogens with zero attached hydrogens (tertiary/aromatic N) is 1. The number of hydrogen-bond acceptors (Lipinski definition) is 4. The molecule has 2 aromatic carbocycles. The van der Waals surface area contributed by atoms with Crippen LogP contribution < -0.4 is 10.6 Å². The summed E-state index contributed by atoms with van der Waals surface area (Å²) in [6, 6.07) is 9.06. The van der Waals surface area contributed by atoms with Gasteiger partial charge in [-0.15, -0.1) is 0 Å². The van der Waals surface area contributed by atoms with Crippen molar-refractivity contribution in [1.82, 2.24) is 10.2 Å². The molecule has 2 N–H and O–H groups in total. The molecule has 2 rings (SSSR count). The summed E-state index contributed by atoms with van der Waals surface area (Å²) in [5.41, 5.74) is -0.153. The molecule has 0 bridgehead atoms. The zero-order valence-electron chi connectivity index (χ0n) is 17.0. The van der Waals surface area contributed by atoms with Gasteiger partial charge in [-0.05, 0) is 42.7 Å². The van der Waals surface area contributed by atoms with Crippen molar-refractivity contribution >= 4 is 35.2 Å². The van der Waals surface area contributed by atoms with E-state index in [1.165, 1.54) is 18.8 Å². The minimum absolute atomic E-state index is 0.336. The Morgan fingerprint density at radius 3 is 2.35 bits per heavy atom. The quantitative estimate of drug-likeness (QED) is 0.572. The van der Waals surface area contributed by atoms with Gasteiger partial charge in [-0.3, -0.25) is 14.4 Å². The molecular weight excluding hydrogens is 431 g/mol. The number of rotatable bonds is 9. The van der Waals surface area contributed by atoms with Crippen molar-refractivity contribution in [3.05, 3.63) is 65.5 Å². The van der Waals surface area contributed by atoms with Crippen LogP contribution in [0.5, 0.6) is 0 Å². The Labute approximate surface area is 182 Å². The van der Waals surface area contributed by atoms with E-state index in [2.05, 4.69) is 10.6 Å². The largest absolute Gasteiger partial charge is 0.340 e. The number of thioether (sulfide) groups is 1. The van der Waals surface area contributed by atoms with Gasteiger partial charge in [0, 0.05) is 12.6 Å². The number of halogens is 3. The van der Waals surface area contributed by atoms with Gasteiger partial charge in [-0.25, -0.2) is 13.2 Å². The van der Waals surface area contributed by atoms with Crippen molar-refractivity contribution < 1.29 is 27.6 Å². The fourth-order valence-corrected chi connectivity index (χ4v) is 3.17. The molecule has 166 valence electrons. The Balaban J connectivity index is 2.03. The second-order valence-electron chi connectivity index (χ2n) is 6.64. The summed E-state index contributed by atoms with van der Waals surface area (Å²) in [5, 5.41) is 4.77. The van der Waals surface area contributed by atoms with Gasteiger partial charge in [0.15, 0.2) is 17.5 Å². The molecule has 0 aliphatic heterocycles. The second kappa shape index (κ2) is 11.4. The first-order chi connectivity index (χ1) is 14.7. The van der Waals surface area contributed by atoms with Gasteiger partial charge in [0.25, 0.3) is 5.91 Å². The highest BCUT2D eigenvalue weighted by atomic mass is 32.2. The molecule has 0 saturated heterocycles. The van der Waals surface area contributed by atoms with E-state index in [1.54, 1.807) is 30.3 Å². The minimum Gasteiger partial charge on any atom is -0.340 e. The number of carbonyl (C=O) groups is 3. The minimum atomic E-state index is -1.71. The Morgan fingerprint density at radius 1 is 1.03 bits per heavy atom. The van der Waals surface area contributed by atoms with Crippen molar-refractivity contribution in [1.29, 1.82) is 0 Å². The van der Waals surface area contributed by atoms with Crippen molar-refractivity contribution in [3.63, 3.8) is 0 Å². The van der Waals surface area contributed by atoms with Gasteiger partial charge < -0.3 is 15.5 Å². The molecule has 31 heavy (non-hydrogen) atoms. The molecule has 0 unspecified atom stereocenters. The average molecular weight is 453 g/mol. The molecule has 3 amide bonds. The molecule has 0 aliphatic carbocycles. The lowest BCUT2D eigenvalue weighted by Gasteiger charge is -2.24. The summed E-state index contributed by atoms with van der Waals surface area (Å²) in [6.45, 7) is -0.478. The molecule has 0 aliphatic rings. The third kappa shape index (κ3) is 6.74. The number of hydrogen-bond donors (Lipinski definition) is 2. The molecule has 10 heteroatoms. The van der Waals surface area contributed by atoms with E-state index >= 15 is 0 Å². The Kier molecular flexibility index (Phi) is 8.92. The van der Waals surface area contributed by atoms with Crippen LogP contribution in [0.3, 0.4) is 0 Å². The topological polar surface area (TPSA) is 78.5 Å². The van der Waals surface area contributed by atoms with Crippen molar-refractivity contribution in [2.24, 2.45) is 0 Å². The molecule has 2 aromatic rings. The van der Waals surface area contributed by atoms with Crippen LogP contribution in [0, 0.1) is 17.5 Å². The van der Waals surface area contributed by atoms with E-state index in [4.69, 9.17) is 0 Å². The predicted molar refractivity (Wildman–Crippen MR) is 113 cm³/mol. The number of nitrogens with one attached hydrogen (secondary N) is 2. The summed E-state index contributed by atoms with van der Waals surface area (Å²) in [7, 11) is 1.35. The van der Waals surface area contributed by atoms with Crippen LogP contribution in [-0.4, -0.2) is 54.3 Å². The Bertz CT molecular complexity index is 944. The average Bonchev–Trinajstić information content (AvgIpc) is 2.76. The Morgan fingerprint density at radius 2 is 1.71 bits per heavy atom. The predicted octanol–water partition coefficient (Wildman–Crippen LogP) is 3.05. The molecule has 6 nitrogen and oxygen atoms in total. The normalized spacial score (nSPS) is 11.5. The van der Waals surface area contributed by atoms with Gasteiger partial charge >= 0.3 is 0 Å². The number of likely N-dealkylation sites (N-methyl/N-ethyl adjacent to an activating group) is 1. The lowest BCUT2D eigenvalue weighted by molar-refractivity contribution is -0.135. The maximum absolute atomic E-state index is 13.7. The molecule has 0 heterocycles. The van der Waals surface area contributed by atoms with Crippen LogP contribution in [-0.2, 0) is 9.59 Å². The van der Waals surface area contributed by atoms with Crippen LogP contribution >= 0.6 is 11.8 Å².